The van der Waals surface area contributed by atoms with Gasteiger partial charge in [-0.05, 0) is 60.5 Å². The predicted molar refractivity (Wildman–Crippen MR) is 125 cm³/mol. The first-order valence-corrected chi connectivity index (χ1v) is 12.6. The third-order valence-corrected chi connectivity index (χ3v) is 7.28. The second kappa shape index (κ2) is 11.3. The number of halogens is 1. The molecule has 33 heavy (non-hydrogen) atoms. The third kappa shape index (κ3) is 6.22. The lowest BCUT2D eigenvalue weighted by Gasteiger charge is -2.37. The van der Waals surface area contributed by atoms with Crippen molar-refractivity contribution in [3.63, 3.8) is 0 Å². The quantitative estimate of drug-likeness (QED) is 0.613. The van der Waals surface area contributed by atoms with Crippen LogP contribution < -0.4 is 10.2 Å². The first kappa shape index (κ1) is 23.9. The number of carbonyl (C=O) groups is 2. The van der Waals surface area contributed by atoms with Crippen LogP contribution in [0.25, 0.3) is 0 Å². The Morgan fingerprint density at radius 1 is 1.12 bits per heavy atom. The number of aromatic nitrogens is 1. The van der Waals surface area contributed by atoms with Crippen LogP contribution in [0.4, 0.5) is 0 Å². The lowest BCUT2D eigenvalue weighted by atomic mass is 9.85. The molecule has 10 heteroatoms. The number of nitriles is 1. The number of pyridine rings is 1. The molecule has 2 aliphatic heterocycles. The second-order valence-electron chi connectivity index (χ2n) is 8.96. The van der Waals surface area contributed by atoms with Crippen LogP contribution in [0, 0.1) is 17.2 Å². The highest BCUT2D eigenvalue weighted by Crippen LogP contribution is 2.27. The summed E-state index contributed by atoms with van der Waals surface area (Å²) in [5.41, 5.74) is 0. The Bertz CT molecular complexity index is 860. The zero-order valence-corrected chi connectivity index (χ0v) is 20.4. The van der Waals surface area contributed by atoms with E-state index < -0.39 is 0 Å². The number of amides is 2. The van der Waals surface area contributed by atoms with E-state index in [1.54, 1.807) is 11.1 Å². The van der Waals surface area contributed by atoms with Crippen molar-refractivity contribution in [2.45, 2.75) is 50.6 Å². The van der Waals surface area contributed by atoms with Crippen molar-refractivity contribution in [3.8, 4) is 11.9 Å². The fourth-order valence-electron chi connectivity index (χ4n) is 4.88. The minimum atomic E-state index is -0.273. The molecule has 1 N–H and O–H groups in total. The van der Waals surface area contributed by atoms with Gasteiger partial charge < -0.3 is 20.0 Å². The molecule has 178 valence electrons. The van der Waals surface area contributed by atoms with E-state index in [0.29, 0.717) is 38.6 Å². The van der Waals surface area contributed by atoms with Crippen molar-refractivity contribution in [1.29, 1.82) is 5.26 Å². The molecule has 2 saturated heterocycles. The van der Waals surface area contributed by atoms with Gasteiger partial charge in [-0.2, -0.15) is 5.26 Å². The van der Waals surface area contributed by atoms with Gasteiger partial charge in [0.25, 0.3) is 0 Å². The Labute approximate surface area is 203 Å². The van der Waals surface area contributed by atoms with Crippen LogP contribution in [0.2, 0.25) is 0 Å². The minimum Gasteiger partial charge on any atom is -0.386 e. The second-order valence-corrected chi connectivity index (χ2v) is 9.88. The molecule has 1 atom stereocenters. The molecule has 0 spiro atoms. The highest BCUT2D eigenvalue weighted by Gasteiger charge is 2.33. The maximum Gasteiger partial charge on any atom is 0.238 e. The number of hydrogen-bond acceptors (Lipinski definition) is 7. The number of hydroxylamine groups is 2. The lowest BCUT2D eigenvalue weighted by molar-refractivity contribution is -0.145. The molecule has 9 nitrogen and oxygen atoms in total. The highest BCUT2D eigenvalue weighted by molar-refractivity contribution is 9.10. The van der Waals surface area contributed by atoms with E-state index in [-0.39, 0.29) is 36.4 Å². The average molecular weight is 519 g/mol. The molecule has 0 aromatic carbocycles. The minimum absolute atomic E-state index is 0.00989. The number of nitrogens with zero attached hydrogens (tertiary/aromatic N) is 5. The maximum absolute atomic E-state index is 13.0. The summed E-state index contributed by atoms with van der Waals surface area (Å²) in [5, 5.41) is 14.4. The van der Waals surface area contributed by atoms with Crippen molar-refractivity contribution in [2.75, 3.05) is 39.3 Å². The number of nitrogens with one attached hydrogen (secondary N) is 1. The van der Waals surface area contributed by atoms with Gasteiger partial charge in [-0.25, -0.2) is 4.98 Å². The third-order valence-electron chi connectivity index (χ3n) is 6.81. The standard InChI is InChI=1S/C23H31BrN6O3/c24-18-5-8-21(27-15-18)33-29-12-10-28(11-13-29)23(32)17-3-6-19(7-4-17)26-16-22(31)30-9-1-2-20(30)14-25/h5,8,15,17,19-20,26H,1-4,6-7,9-13,16H2/t17?,19?,20-/m0/s1. The highest BCUT2D eigenvalue weighted by atomic mass is 79.9. The van der Waals surface area contributed by atoms with Crippen molar-refractivity contribution in [2.24, 2.45) is 5.92 Å². The summed E-state index contributed by atoms with van der Waals surface area (Å²) in [6, 6.07) is 5.90. The summed E-state index contributed by atoms with van der Waals surface area (Å²) in [7, 11) is 0. The summed E-state index contributed by atoms with van der Waals surface area (Å²) in [5.74, 6) is 0.853. The Hall–Kier alpha value is -2.22. The smallest absolute Gasteiger partial charge is 0.238 e. The topological polar surface area (TPSA) is 102 Å². The summed E-state index contributed by atoms with van der Waals surface area (Å²) in [6.45, 7) is 3.57. The number of piperazine rings is 1. The fourth-order valence-corrected chi connectivity index (χ4v) is 5.12. The zero-order chi connectivity index (χ0) is 23.2. The van der Waals surface area contributed by atoms with Gasteiger partial charge in [0, 0.05) is 48.3 Å². The van der Waals surface area contributed by atoms with Gasteiger partial charge in [0.2, 0.25) is 17.7 Å². The van der Waals surface area contributed by atoms with Crippen LogP contribution in [-0.4, -0.2) is 83.0 Å². The zero-order valence-electron chi connectivity index (χ0n) is 18.8. The molecule has 3 heterocycles. The van der Waals surface area contributed by atoms with E-state index in [1.807, 2.05) is 22.1 Å². The Morgan fingerprint density at radius 2 is 1.88 bits per heavy atom. The fraction of sp³-hybridized carbons (Fsp3) is 0.652. The van der Waals surface area contributed by atoms with Crippen molar-refractivity contribution < 1.29 is 14.4 Å². The van der Waals surface area contributed by atoms with Crippen LogP contribution in [0.1, 0.15) is 38.5 Å². The Kier molecular flexibility index (Phi) is 8.17. The molecule has 0 radical (unpaired) electrons. The van der Waals surface area contributed by atoms with Gasteiger partial charge in [0.15, 0.2) is 0 Å². The number of likely N-dealkylation sites (tertiary alicyclic amines) is 1. The Morgan fingerprint density at radius 3 is 2.55 bits per heavy atom. The summed E-state index contributed by atoms with van der Waals surface area (Å²) < 4.78 is 0.904. The first-order chi connectivity index (χ1) is 16.0. The number of carbonyl (C=O) groups excluding carboxylic acids is 2. The van der Waals surface area contributed by atoms with E-state index in [9.17, 15) is 9.59 Å². The molecule has 3 aliphatic rings. The van der Waals surface area contributed by atoms with Gasteiger partial charge in [0.1, 0.15) is 6.04 Å². The van der Waals surface area contributed by atoms with Crippen LogP contribution in [-0.2, 0) is 9.59 Å². The maximum atomic E-state index is 13.0. The van der Waals surface area contributed by atoms with E-state index in [2.05, 4.69) is 32.3 Å². The number of rotatable bonds is 6. The van der Waals surface area contributed by atoms with Crippen molar-refractivity contribution in [1.82, 2.24) is 25.2 Å². The molecular weight excluding hydrogens is 488 g/mol. The van der Waals surface area contributed by atoms with E-state index in [0.717, 1.165) is 43.0 Å². The van der Waals surface area contributed by atoms with Gasteiger partial charge in [0.05, 0.1) is 25.7 Å². The van der Waals surface area contributed by atoms with Crippen LogP contribution in [0.5, 0.6) is 5.88 Å². The molecular formula is C23H31BrN6O3. The van der Waals surface area contributed by atoms with E-state index in [1.165, 1.54) is 0 Å². The molecule has 3 fully saturated rings. The predicted octanol–water partition coefficient (Wildman–Crippen LogP) is 1.95. The molecule has 1 aliphatic carbocycles. The molecule has 1 aromatic rings. The van der Waals surface area contributed by atoms with Crippen LogP contribution in [0.15, 0.2) is 22.8 Å². The molecule has 1 saturated carbocycles. The van der Waals surface area contributed by atoms with Gasteiger partial charge in [-0.1, -0.05) is 0 Å². The monoisotopic (exact) mass is 518 g/mol. The first-order valence-electron chi connectivity index (χ1n) is 11.8. The summed E-state index contributed by atoms with van der Waals surface area (Å²) >= 11 is 3.36. The van der Waals surface area contributed by atoms with Crippen molar-refractivity contribution >= 4 is 27.7 Å². The Balaban J connectivity index is 1.15. The van der Waals surface area contributed by atoms with E-state index >= 15 is 0 Å². The average Bonchev–Trinajstić information content (AvgIpc) is 3.33. The summed E-state index contributed by atoms with van der Waals surface area (Å²) in [6.07, 6.45) is 6.85. The molecule has 1 aromatic heterocycles. The molecule has 4 rings (SSSR count). The van der Waals surface area contributed by atoms with Gasteiger partial charge >= 0.3 is 0 Å². The number of hydrogen-bond donors (Lipinski definition) is 1. The van der Waals surface area contributed by atoms with Crippen LogP contribution >= 0.6 is 15.9 Å². The largest absolute Gasteiger partial charge is 0.386 e. The SMILES string of the molecule is N#C[C@@H]1CCCN1C(=O)CNC1CCC(C(=O)N2CCN(Oc3ccc(Br)cn3)CC2)CC1. The van der Waals surface area contributed by atoms with Gasteiger partial charge in [-0.3, -0.25) is 9.59 Å². The van der Waals surface area contributed by atoms with E-state index in [4.69, 9.17) is 10.1 Å². The lowest BCUT2D eigenvalue weighted by Crippen LogP contribution is -2.52. The molecule has 2 amide bonds. The molecule has 0 unspecified atom stereocenters. The normalized spacial score (nSPS) is 26.1. The molecule has 0 bridgehead atoms. The summed E-state index contributed by atoms with van der Waals surface area (Å²) in [4.78, 5) is 39.1. The van der Waals surface area contributed by atoms with Crippen LogP contribution in [0.3, 0.4) is 0 Å². The van der Waals surface area contributed by atoms with Gasteiger partial charge in [-0.15, -0.1) is 5.06 Å². The van der Waals surface area contributed by atoms with Crippen molar-refractivity contribution in [3.05, 3.63) is 22.8 Å².